The number of benzene rings is 1. The molecule has 1 fully saturated rings. The number of carbonyl (C=O) groups is 2. The zero-order valence-electron chi connectivity index (χ0n) is 14.6. The number of carbonyl (C=O) groups excluding carboxylic acids is 2. The van der Waals surface area contributed by atoms with Crippen molar-refractivity contribution < 1.29 is 22.7 Å². The van der Waals surface area contributed by atoms with Gasteiger partial charge in [0.1, 0.15) is 18.4 Å². The Hall–Kier alpha value is -2.15. The van der Waals surface area contributed by atoms with Crippen LogP contribution in [0.25, 0.3) is 0 Å². The number of cyclic esters (lactones) is 1. The molecule has 25 heavy (non-hydrogen) atoms. The number of ether oxygens (including phenoxy) is 1. The molecule has 0 aliphatic carbocycles. The predicted octanol–water partition coefficient (Wildman–Crippen LogP) is 3.06. The second-order valence-electron chi connectivity index (χ2n) is 6.51. The van der Waals surface area contributed by atoms with Crippen molar-refractivity contribution in [2.75, 3.05) is 0 Å². The first-order valence-corrected chi connectivity index (χ1v) is 9.57. The van der Waals surface area contributed by atoms with Gasteiger partial charge in [0.15, 0.2) is 0 Å². The molecule has 1 amide bonds. The summed E-state index contributed by atoms with van der Waals surface area (Å²) >= 11 is 0. The van der Waals surface area contributed by atoms with Gasteiger partial charge in [-0.1, -0.05) is 38.1 Å². The standard InChI is InChI=1S/C18H23NO5S/c1-12(2)17-16(14(4)6-5-11-20)19(18(21)24-17)25(22,23)15-9-7-13(3)8-10-15/h7-12,16-17H,4-6H2,1-3H3. The second-order valence-corrected chi connectivity index (χ2v) is 8.33. The van der Waals surface area contributed by atoms with Gasteiger partial charge in [0, 0.05) is 6.42 Å². The van der Waals surface area contributed by atoms with Gasteiger partial charge < -0.3 is 9.53 Å². The Morgan fingerprint density at radius 3 is 2.44 bits per heavy atom. The highest BCUT2D eigenvalue weighted by Crippen LogP contribution is 2.35. The highest BCUT2D eigenvalue weighted by Gasteiger charge is 2.50. The number of amides is 1. The fraction of sp³-hybridized carbons (Fsp3) is 0.444. The van der Waals surface area contributed by atoms with Crippen molar-refractivity contribution in [3.63, 3.8) is 0 Å². The fourth-order valence-corrected chi connectivity index (χ4v) is 4.36. The first-order chi connectivity index (χ1) is 11.7. The molecule has 6 nitrogen and oxygen atoms in total. The third kappa shape index (κ3) is 3.76. The van der Waals surface area contributed by atoms with E-state index in [1.54, 1.807) is 12.1 Å². The molecule has 0 bridgehead atoms. The van der Waals surface area contributed by atoms with Crippen LogP contribution in [0.5, 0.6) is 0 Å². The fourth-order valence-electron chi connectivity index (χ4n) is 2.84. The summed E-state index contributed by atoms with van der Waals surface area (Å²) in [5.41, 5.74) is 1.40. The van der Waals surface area contributed by atoms with Gasteiger partial charge >= 0.3 is 6.09 Å². The quantitative estimate of drug-likeness (QED) is 0.548. The summed E-state index contributed by atoms with van der Waals surface area (Å²) in [4.78, 5) is 23.1. The molecular formula is C18H23NO5S. The number of rotatable bonds is 7. The topological polar surface area (TPSA) is 80.8 Å². The number of sulfonamides is 1. The summed E-state index contributed by atoms with van der Waals surface area (Å²) in [6.45, 7) is 9.46. The van der Waals surface area contributed by atoms with Crippen molar-refractivity contribution in [2.45, 2.75) is 50.7 Å². The average Bonchev–Trinajstić information content (AvgIpc) is 2.91. The number of aryl methyl sites for hydroxylation is 1. The van der Waals surface area contributed by atoms with E-state index in [0.29, 0.717) is 12.0 Å². The molecule has 2 rings (SSSR count). The van der Waals surface area contributed by atoms with Crippen molar-refractivity contribution in [1.29, 1.82) is 0 Å². The Labute approximate surface area is 148 Å². The normalized spacial score (nSPS) is 20.6. The molecule has 7 heteroatoms. The molecule has 0 radical (unpaired) electrons. The summed E-state index contributed by atoms with van der Waals surface area (Å²) < 4.78 is 32.2. The van der Waals surface area contributed by atoms with Gasteiger partial charge in [-0.25, -0.2) is 13.2 Å². The van der Waals surface area contributed by atoms with Crippen LogP contribution in [0.1, 0.15) is 32.3 Å². The van der Waals surface area contributed by atoms with E-state index in [1.807, 2.05) is 20.8 Å². The molecule has 2 unspecified atom stereocenters. The highest BCUT2D eigenvalue weighted by atomic mass is 32.2. The van der Waals surface area contributed by atoms with E-state index < -0.39 is 28.3 Å². The molecule has 1 heterocycles. The van der Waals surface area contributed by atoms with E-state index in [0.717, 1.165) is 16.2 Å². The maximum Gasteiger partial charge on any atom is 0.424 e. The smallest absolute Gasteiger partial charge is 0.424 e. The van der Waals surface area contributed by atoms with Gasteiger partial charge in [-0.3, -0.25) is 0 Å². The lowest BCUT2D eigenvalue weighted by Gasteiger charge is -2.27. The third-order valence-electron chi connectivity index (χ3n) is 4.22. The number of hydrogen-bond donors (Lipinski definition) is 0. The lowest BCUT2D eigenvalue weighted by Crippen LogP contribution is -2.43. The molecule has 0 saturated carbocycles. The molecule has 0 N–H and O–H groups in total. The van der Waals surface area contributed by atoms with Crippen molar-refractivity contribution in [3.8, 4) is 0 Å². The molecule has 1 aliphatic heterocycles. The maximum absolute atomic E-state index is 13.0. The van der Waals surface area contributed by atoms with Gasteiger partial charge in [-0.05, 0) is 37.0 Å². The third-order valence-corrected chi connectivity index (χ3v) is 5.98. The molecule has 1 aliphatic rings. The van der Waals surface area contributed by atoms with Crippen molar-refractivity contribution >= 4 is 22.4 Å². The van der Waals surface area contributed by atoms with Crippen LogP contribution in [0, 0.1) is 12.8 Å². The predicted molar refractivity (Wildman–Crippen MR) is 93.5 cm³/mol. The molecule has 2 atom stereocenters. The van der Waals surface area contributed by atoms with Gasteiger partial charge in [0.2, 0.25) is 0 Å². The zero-order valence-corrected chi connectivity index (χ0v) is 15.5. The SMILES string of the molecule is C=C(CCC=O)C1C(C(C)C)OC(=O)N1S(=O)(=O)c1ccc(C)cc1. The van der Waals surface area contributed by atoms with Crippen LogP contribution in [0.3, 0.4) is 0 Å². The van der Waals surface area contributed by atoms with Crippen LogP contribution in [0.15, 0.2) is 41.3 Å². The average molecular weight is 365 g/mol. The largest absolute Gasteiger partial charge is 0.442 e. The maximum atomic E-state index is 13.0. The Morgan fingerprint density at radius 2 is 1.92 bits per heavy atom. The molecular weight excluding hydrogens is 342 g/mol. The molecule has 0 spiro atoms. The number of nitrogens with zero attached hydrogens (tertiary/aromatic N) is 1. The van der Waals surface area contributed by atoms with E-state index in [1.165, 1.54) is 12.1 Å². The summed E-state index contributed by atoms with van der Waals surface area (Å²) in [6, 6.07) is 5.45. The Morgan fingerprint density at radius 1 is 1.32 bits per heavy atom. The van der Waals surface area contributed by atoms with Crippen LogP contribution in [0.4, 0.5) is 4.79 Å². The zero-order chi connectivity index (χ0) is 18.8. The van der Waals surface area contributed by atoms with Crippen molar-refractivity contribution in [1.82, 2.24) is 4.31 Å². The van der Waals surface area contributed by atoms with E-state index >= 15 is 0 Å². The van der Waals surface area contributed by atoms with Crippen molar-refractivity contribution in [3.05, 3.63) is 42.0 Å². The minimum absolute atomic E-state index is 0.0210. The van der Waals surface area contributed by atoms with Gasteiger partial charge in [0.05, 0.1) is 4.90 Å². The number of hydrogen-bond acceptors (Lipinski definition) is 5. The second kappa shape index (κ2) is 7.39. The number of aldehydes is 1. The molecule has 136 valence electrons. The lowest BCUT2D eigenvalue weighted by atomic mass is 9.93. The minimum Gasteiger partial charge on any atom is -0.442 e. The van der Waals surface area contributed by atoms with Crippen LogP contribution in [0.2, 0.25) is 0 Å². The lowest BCUT2D eigenvalue weighted by molar-refractivity contribution is -0.107. The first-order valence-electron chi connectivity index (χ1n) is 8.13. The Balaban J connectivity index is 2.47. The molecule has 1 aromatic carbocycles. The van der Waals surface area contributed by atoms with E-state index in [9.17, 15) is 18.0 Å². The van der Waals surface area contributed by atoms with Crippen LogP contribution in [-0.2, 0) is 19.6 Å². The van der Waals surface area contributed by atoms with Crippen LogP contribution in [-0.4, -0.2) is 37.2 Å². The molecule has 1 saturated heterocycles. The molecule has 0 aromatic heterocycles. The van der Waals surface area contributed by atoms with Crippen LogP contribution >= 0.6 is 0 Å². The van der Waals surface area contributed by atoms with E-state index in [4.69, 9.17) is 4.74 Å². The van der Waals surface area contributed by atoms with E-state index in [-0.39, 0.29) is 17.2 Å². The summed E-state index contributed by atoms with van der Waals surface area (Å²) in [5.74, 6) is -0.0971. The summed E-state index contributed by atoms with van der Waals surface area (Å²) in [5, 5.41) is 0. The summed E-state index contributed by atoms with van der Waals surface area (Å²) in [6.07, 6.45) is -0.282. The Kier molecular flexibility index (Phi) is 5.67. The van der Waals surface area contributed by atoms with Crippen molar-refractivity contribution in [2.24, 2.45) is 5.92 Å². The first kappa shape index (κ1) is 19.2. The van der Waals surface area contributed by atoms with Gasteiger partial charge in [0.25, 0.3) is 10.0 Å². The van der Waals surface area contributed by atoms with E-state index in [2.05, 4.69) is 6.58 Å². The highest BCUT2D eigenvalue weighted by molar-refractivity contribution is 7.89. The molecule has 1 aromatic rings. The minimum atomic E-state index is -4.08. The van der Waals surface area contributed by atoms with Gasteiger partial charge in [-0.15, -0.1) is 0 Å². The summed E-state index contributed by atoms with van der Waals surface area (Å²) in [7, 11) is -4.08. The monoisotopic (exact) mass is 365 g/mol. The Bertz CT molecular complexity index is 767. The van der Waals surface area contributed by atoms with Crippen LogP contribution < -0.4 is 0 Å². The van der Waals surface area contributed by atoms with Gasteiger partial charge in [-0.2, -0.15) is 4.31 Å².